The second-order valence-electron chi connectivity index (χ2n) is 4.24. The molecular formula is C13H19F2NO3. The van der Waals surface area contributed by atoms with Crippen molar-refractivity contribution in [3.8, 4) is 11.5 Å². The quantitative estimate of drug-likeness (QED) is 0.825. The van der Waals surface area contributed by atoms with Crippen LogP contribution in [0.1, 0.15) is 11.7 Å². The first kappa shape index (κ1) is 15.7. The van der Waals surface area contributed by atoms with E-state index in [1.165, 1.54) is 26.2 Å². The molecule has 1 aromatic carbocycles. The third kappa shape index (κ3) is 4.65. The normalized spacial score (nSPS) is 12.8. The smallest absolute Gasteiger partial charge is 0.251 e. The van der Waals surface area contributed by atoms with E-state index in [-0.39, 0.29) is 13.1 Å². The molecule has 4 nitrogen and oxygen atoms in total. The summed E-state index contributed by atoms with van der Waals surface area (Å²) < 4.78 is 34.6. The fraction of sp³-hybridized carbons (Fsp3) is 0.538. The van der Waals surface area contributed by atoms with E-state index in [4.69, 9.17) is 9.47 Å². The summed E-state index contributed by atoms with van der Waals surface area (Å²) in [6, 6.07) is 4.99. The molecule has 19 heavy (non-hydrogen) atoms. The Morgan fingerprint density at radius 1 is 1.16 bits per heavy atom. The maximum atomic E-state index is 12.2. The molecule has 0 aliphatic rings. The predicted octanol–water partition coefficient (Wildman–Crippen LogP) is 1.93. The van der Waals surface area contributed by atoms with Crippen LogP contribution in [0.3, 0.4) is 0 Å². The SMILES string of the molecule is COc1ccc(C(O)CN(C)CC(F)F)cc1OC. The summed E-state index contributed by atoms with van der Waals surface area (Å²) in [5, 5.41) is 10.0. The summed E-state index contributed by atoms with van der Waals surface area (Å²) in [6.45, 7) is -0.246. The molecule has 1 atom stereocenters. The standard InChI is InChI=1S/C13H19F2NO3/c1-16(8-13(14)15)7-10(17)9-4-5-11(18-2)12(6-9)19-3/h4-6,10,13,17H,7-8H2,1-3H3. The molecule has 0 aromatic heterocycles. The number of hydrogen-bond donors (Lipinski definition) is 1. The third-order valence-corrected chi connectivity index (χ3v) is 2.73. The first-order valence-electron chi connectivity index (χ1n) is 5.84. The van der Waals surface area contributed by atoms with Crippen LogP contribution in [0.5, 0.6) is 11.5 Å². The number of nitrogens with zero attached hydrogens (tertiary/aromatic N) is 1. The Balaban J connectivity index is 2.74. The maximum absolute atomic E-state index is 12.2. The third-order valence-electron chi connectivity index (χ3n) is 2.73. The molecule has 0 radical (unpaired) electrons. The van der Waals surface area contributed by atoms with Gasteiger partial charge in [0.2, 0.25) is 0 Å². The van der Waals surface area contributed by atoms with Crippen molar-refractivity contribution < 1.29 is 23.4 Å². The Kier molecular flexibility index (Phi) is 5.98. The van der Waals surface area contributed by atoms with Crippen molar-refractivity contribution in [3.63, 3.8) is 0 Å². The van der Waals surface area contributed by atoms with Crippen LogP contribution in [-0.4, -0.2) is 50.8 Å². The van der Waals surface area contributed by atoms with Crippen LogP contribution in [0.15, 0.2) is 18.2 Å². The monoisotopic (exact) mass is 275 g/mol. The molecule has 1 rings (SSSR count). The predicted molar refractivity (Wildman–Crippen MR) is 68.0 cm³/mol. The van der Waals surface area contributed by atoms with E-state index in [0.717, 1.165) is 0 Å². The number of benzene rings is 1. The molecule has 0 saturated heterocycles. The zero-order valence-corrected chi connectivity index (χ0v) is 11.3. The van der Waals surface area contributed by atoms with Gasteiger partial charge in [0.05, 0.1) is 26.9 Å². The van der Waals surface area contributed by atoms with E-state index >= 15 is 0 Å². The summed E-state index contributed by atoms with van der Waals surface area (Å²) in [4.78, 5) is 1.38. The van der Waals surface area contributed by atoms with Gasteiger partial charge in [-0.2, -0.15) is 0 Å². The Morgan fingerprint density at radius 3 is 2.32 bits per heavy atom. The Morgan fingerprint density at radius 2 is 1.79 bits per heavy atom. The Hall–Kier alpha value is -1.40. The fourth-order valence-corrected chi connectivity index (χ4v) is 1.77. The molecular weight excluding hydrogens is 256 g/mol. The van der Waals surface area contributed by atoms with Crippen LogP contribution in [-0.2, 0) is 0 Å². The largest absolute Gasteiger partial charge is 0.493 e. The van der Waals surface area contributed by atoms with Gasteiger partial charge in [0.1, 0.15) is 0 Å². The second kappa shape index (κ2) is 7.25. The number of hydrogen-bond acceptors (Lipinski definition) is 4. The van der Waals surface area contributed by atoms with Gasteiger partial charge in [0, 0.05) is 6.54 Å². The highest BCUT2D eigenvalue weighted by Gasteiger charge is 2.15. The summed E-state index contributed by atoms with van der Waals surface area (Å²) in [7, 11) is 4.55. The first-order valence-corrected chi connectivity index (χ1v) is 5.84. The molecule has 0 bridgehead atoms. The van der Waals surface area contributed by atoms with Crippen molar-refractivity contribution in [1.29, 1.82) is 0 Å². The molecule has 1 N–H and O–H groups in total. The Labute approximate surface area is 111 Å². The highest BCUT2D eigenvalue weighted by atomic mass is 19.3. The van der Waals surface area contributed by atoms with Gasteiger partial charge in [-0.3, -0.25) is 4.90 Å². The molecule has 0 spiro atoms. The van der Waals surface area contributed by atoms with E-state index in [1.54, 1.807) is 18.2 Å². The summed E-state index contributed by atoms with van der Waals surface area (Å²) in [5.41, 5.74) is 0.596. The van der Waals surface area contributed by atoms with Crippen LogP contribution in [0.25, 0.3) is 0 Å². The zero-order valence-electron chi connectivity index (χ0n) is 11.3. The number of rotatable bonds is 7. The highest BCUT2D eigenvalue weighted by molar-refractivity contribution is 5.43. The van der Waals surface area contributed by atoms with E-state index in [0.29, 0.717) is 17.1 Å². The molecule has 0 fully saturated rings. The van der Waals surface area contributed by atoms with Crippen LogP contribution >= 0.6 is 0 Å². The summed E-state index contributed by atoms with van der Waals surface area (Å²) in [6.07, 6.45) is -3.27. The van der Waals surface area contributed by atoms with Crippen molar-refractivity contribution in [2.45, 2.75) is 12.5 Å². The molecule has 1 unspecified atom stereocenters. The lowest BCUT2D eigenvalue weighted by Crippen LogP contribution is -2.29. The average Bonchev–Trinajstić information content (AvgIpc) is 2.36. The van der Waals surface area contributed by atoms with Gasteiger partial charge in [-0.25, -0.2) is 8.78 Å². The lowest BCUT2D eigenvalue weighted by molar-refractivity contribution is 0.0679. The maximum Gasteiger partial charge on any atom is 0.251 e. The van der Waals surface area contributed by atoms with Gasteiger partial charge in [0.15, 0.2) is 11.5 Å². The number of aliphatic hydroxyl groups excluding tert-OH is 1. The molecule has 0 saturated carbocycles. The lowest BCUT2D eigenvalue weighted by Gasteiger charge is -2.21. The minimum absolute atomic E-state index is 0.125. The van der Waals surface area contributed by atoms with Crippen LogP contribution in [0.2, 0.25) is 0 Å². The summed E-state index contributed by atoms with van der Waals surface area (Å²) >= 11 is 0. The fourth-order valence-electron chi connectivity index (χ4n) is 1.77. The van der Waals surface area contributed by atoms with Gasteiger partial charge in [-0.1, -0.05) is 6.07 Å². The van der Waals surface area contributed by atoms with Crippen molar-refractivity contribution in [2.75, 3.05) is 34.4 Å². The van der Waals surface area contributed by atoms with Crippen molar-refractivity contribution >= 4 is 0 Å². The second-order valence-corrected chi connectivity index (χ2v) is 4.24. The number of methoxy groups -OCH3 is 2. The summed E-state index contributed by atoms with van der Waals surface area (Å²) in [5.74, 6) is 1.05. The number of likely N-dealkylation sites (N-methyl/N-ethyl adjacent to an activating group) is 1. The van der Waals surface area contributed by atoms with Crippen molar-refractivity contribution in [1.82, 2.24) is 4.90 Å². The van der Waals surface area contributed by atoms with Gasteiger partial charge in [-0.05, 0) is 24.7 Å². The molecule has 0 amide bonds. The minimum atomic E-state index is -2.41. The van der Waals surface area contributed by atoms with Gasteiger partial charge >= 0.3 is 0 Å². The van der Waals surface area contributed by atoms with Crippen LogP contribution < -0.4 is 9.47 Å². The molecule has 0 aliphatic heterocycles. The molecule has 1 aromatic rings. The first-order chi connectivity index (χ1) is 8.97. The lowest BCUT2D eigenvalue weighted by atomic mass is 10.1. The Bertz CT molecular complexity index is 401. The van der Waals surface area contributed by atoms with Crippen molar-refractivity contribution in [2.24, 2.45) is 0 Å². The molecule has 6 heteroatoms. The number of halogens is 2. The molecule has 0 heterocycles. The molecule has 0 aliphatic carbocycles. The van der Waals surface area contributed by atoms with Gasteiger partial charge in [0.25, 0.3) is 6.43 Å². The number of alkyl halides is 2. The van der Waals surface area contributed by atoms with E-state index in [1.807, 2.05) is 0 Å². The van der Waals surface area contributed by atoms with Gasteiger partial charge in [-0.15, -0.1) is 0 Å². The number of aliphatic hydroxyl groups is 1. The van der Waals surface area contributed by atoms with E-state index in [2.05, 4.69) is 0 Å². The molecule has 108 valence electrons. The average molecular weight is 275 g/mol. The highest BCUT2D eigenvalue weighted by Crippen LogP contribution is 2.30. The van der Waals surface area contributed by atoms with E-state index < -0.39 is 12.5 Å². The topological polar surface area (TPSA) is 41.9 Å². The van der Waals surface area contributed by atoms with Gasteiger partial charge < -0.3 is 14.6 Å². The van der Waals surface area contributed by atoms with E-state index in [9.17, 15) is 13.9 Å². The number of ether oxygens (including phenoxy) is 2. The zero-order chi connectivity index (χ0) is 14.4. The van der Waals surface area contributed by atoms with Crippen LogP contribution in [0, 0.1) is 0 Å². The van der Waals surface area contributed by atoms with Crippen molar-refractivity contribution in [3.05, 3.63) is 23.8 Å². The minimum Gasteiger partial charge on any atom is -0.493 e. The van der Waals surface area contributed by atoms with Crippen LogP contribution in [0.4, 0.5) is 8.78 Å².